The van der Waals surface area contributed by atoms with E-state index in [0.29, 0.717) is 5.69 Å². The number of halogens is 2. The van der Waals surface area contributed by atoms with E-state index in [-0.39, 0.29) is 4.90 Å². The van der Waals surface area contributed by atoms with Gasteiger partial charge in [-0.25, -0.2) is 13.8 Å². The number of hydrogen-bond acceptors (Lipinski definition) is 4. The van der Waals surface area contributed by atoms with E-state index >= 15 is 0 Å². The summed E-state index contributed by atoms with van der Waals surface area (Å²) in [7, 11) is -3.94. The van der Waals surface area contributed by atoms with Gasteiger partial charge in [-0.1, -0.05) is 46.3 Å². The molecule has 9 heteroatoms. The number of sulfonamides is 1. The lowest BCUT2D eigenvalue weighted by Crippen LogP contribution is -2.39. The van der Waals surface area contributed by atoms with Crippen LogP contribution in [-0.2, 0) is 14.8 Å². The molecule has 1 N–H and O–H groups in total. The molecule has 0 heterocycles. The van der Waals surface area contributed by atoms with E-state index in [1.807, 2.05) is 24.3 Å². The van der Waals surface area contributed by atoms with Crippen LogP contribution in [0.2, 0.25) is 0 Å². The second-order valence-corrected chi connectivity index (χ2v) is 10.2. The van der Waals surface area contributed by atoms with Crippen LogP contribution in [0.3, 0.4) is 0 Å². The highest BCUT2D eigenvalue weighted by atomic mass is 127. The second-order valence-electron chi connectivity index (χ2n) is 6.15. The van der Waals surface area contributed by atoms with E-state index in [0.717, 1.165) is 17.9 Å². The van der Waals surface area contributed by atoms with Crippen molar-refractivity contribution in [3.8, 4) is 0 Å². The minimum absolute atomic E-state index is 0.100. The molecule has 0 aromatic heterocycles. The van der Waals surface area contributed by atoms with Gasteiger partial charge in [-0.05, 0) is 76.7 Å². The average Bonchev–Trinajstić information content (AvgIpc) is 2.75. The average molecular weight is 598 g/mol. The summed E-state index contributed by atoms with van der Waals surface area (Å²) in [6.45, 7) is -0.414. The predicted molar refractivity (Wildman–Crippen MR) is 130 cm³/mol. The predicted octanol–water partition coefficient (Wildman–Crippen LogP) is 4.40. The zero-order chi connectivity index (χ0) is 21.6. The maximum absolute atomic E-state index is 13.2. The molecule has 1 amide bonds. The largest absolute Gasteiger partial charge is 0.271 e. The van der Waals surface area contributed by atoms with Gasteiger partial charge in [0.1, 0.15) is 6.54 Å². The molecule has 3 rings (SSSR count). The molecule has 154 valence electrons. The summed E-state index contributed by atoms with van der Waals surface area (Å²) in [4.78, 5) is 12.6. The monoisotopic (exact) mass is 597 g/mol. The van der Waals surface area contributed by atoms with Gasteiger partial charge in [-0.3, -0.25) is 9.10 Å². The molecular weight excluding hydrogens is 581 g/mol. The Hall–Kier alpha value is -2.24. The zero-order valence-corrected chi connectivity index (χ0v) is 20.1. The van der Waals surface area contributed by atoms with Crippen LogP contribution in [0.4, 0.5) is 5.69 Å². The molecule has 0 aliphatic carbocycles. The lowest BCUT2D eigenvalue weighted by Gasteiger charge is -2.23. The van der Waals surface area contributed by atoms with Crippen molar-refractivity contribution in [2.45, 2.75) is 4.90 Å². The molecule has 0 atom stereocenters. The molecule has 3 aromatic rings. The third-order valence-corrected chi connectivity index (χ3v) is 7.04. The molecule has 0 saturated heterocycles. The van der Waals surface area contributed by atoms with E-state index < -0.39 is 22.5 Å². The molecule has 0 saturated carbocycles. The Morgan fingerprint density at radius 3 is 2.27 bits per heavy atom. The van der Waals surface area contributed by atoms with Crippen LogP contribution >= 0.6 is 38.5 Å². The number of amides is 1. The lowest BCUT2D eigenvalue weighted by atomic mass is 10.2. The van der Waals surface area contributed by atoms with Crippen LogP contribution in [0.25, 0.3) is 0 Å². The second kappa shape index (κ2) is 10.2. The zero-order valence-electron chi connectivity index (χ0n) is 15.6. The van der Waals surface area contributed by atoms with Gasteiger partial charge in [-0.2, -0.15) is 5.10 Å². The van der Waals surface area contributed by atoms with Crippen molar-refractivity contribution < 1.29 is 13.2 Å². The van der Waals surface area contributed by atoms with Crippen LogP contribution < -0.4 is 9.73 Å². The van der Waals surface area contributed by atoms with Gasteiger partial charge in [0.25, 0.3) is 15.9 Å². The van der Waals surface area contributed by atoms with E-state index in [1.165, 1.54) is 18.3 Å². The Bertz CT molecular complexity index is 1140. The maximum Gasteiger partial charge on any atom is 0.264 e. The third kappa shape index (κ3) is 5.89. The smallest absolute Gasteiger partial charge is 0.264 e. The van der Waals surface area contributed by atoms with Crippen LogP contribution in [0.1, 0.15) is 5.56 Å². The fourth-order valence-corrected chi connectivity index (χ4v) is 4.60. The Morgan fingerprint density at radius 1 is 1.00 bits per heavy atom. The van der Waals surface area contributed by atoms with Crippen LogP contribution in [0.5, 0.6) is 0 Å². The number of anilines is 1. The Balaban J connectivity index is 1.81. The van der Waals surface area contributed by atoms with Crippen molar-refractivity contribution in [2.24, 2.45) is 5.10 Å². The number of hydrazone groups is 1. The number of carbonyl (C=O) groups is 1. The summed E-state index contributed by atoms with van der Waals surface area (Å²) >= 11 is 5.53. The number of hydrogen-bond donors (Lipinski definition) is 1. The van der Waals surface area contributed by atoms with Gasteiger partial charge in [-0.15, -0.1) is 0 Å². The quantitative estimate of drug-likeness (QED) is 0.249. The standard InChI is InChI=1S/C21H17BrIN3O3S/c22-17-8-12-19(13-9-17)26(30(28,29)20-4-2-1-3-5-20)15-21(27)25-24-14-16-6-10-18(23)11-7-16/h1-14H,15H2,(H,25,27)/b24-14+. The van der Waals surface area contributed by atoms with E-state index in [9.17, 15) is 13.2 Å². The molecule has 3 aromatic carbocycles. The van der Waals surface area contributed by atoms with E-state index in [4.69, 9.17) is 0 Å². The molecule has 0 bridgehead atoms. The summed E-state index contributed by atoms with van der Waals surface area (Å²) in [6, 6.07) is 22.3. The Labute approximate surface area is 197 Å². The highest BCUT2D eigenvalue weighted by Gasteiger charge is 2.27. The number of nitrogens with one attached hydrogen (secondary N) is 1. The molecule has 6 nitrogen and oxygen atoms in total. The first-order chi connectivity index (χ1) is 14.4. The molecule has 0 fully saturated rings. The molecule has 0 radical (unpaired) electrons. The first-order valence-electron chi connectivity index (χ1n) is 8.77. The normalized spacial score (nSPS) is 11.4. The first kappa shape index (κ1) is 22.4. The minimum Gasteiger partial charge on any atom is -0.271 e. The Morgan fingerprint density at radius 2 is 1.63 bits per heavy atom. The van der Waals surface area contributed by atoms with Crippen molar-refractivity contribution in [3.05, 3.63) is 92.5 Å². The van der Waals surface area contributed by atoms with Gasteiger partial charge in [0.2, 0.25) is 0 Å². The molecule has 30 heavy (non-hydrogen) atoms. The van der Waals surface area contributed by atoms with Crippen molar-refractivity contribution >= 4 is 66.4 Å². The maximum atomic E-state index is 13.2. The van der Waals surface area contributed by atoms with Gasteiger partial charge in [0, 0.05) is 8.04 Å². The summed E-state index contributed by atoms with van der Waals surface area (Å²) in [5.41, 5.74) is 3.59. The fourth-order valence-electron chi connectivity index (χ4n) is 2.54. The van der Waals surface area contributed by atoms with Crippen molar-refractivity contribution in [1.29, 1.82) is 0 Å². The highest BCUT2D eigenvalue weighted by Crippen LogP contribution is 2.25. The topological polar surface area (TPSA) is 78.8 Å². The SMILES string of the molecule is O=C(CN(c1ccc(Br)cc1)S(=O)(=O)c1ccccc1)N/N=C/c1ccc(I)cc1. The minimum atomic E-state index is -3.94. The summed E-state index contributed by atoms with van der Waals surface area (Å²) in [6.07, 6.45) is 1.50. The van der Waals surface area contributed by atoms with Crippen LogP contribution in [-0.4, -0.2) is 27.1 Å². The van der Waals surface area contributed by atoms with E-state index in [2.05, 4.69) is 49.0 Å². The van der Waals surface area contributed by atoms with E-state index in [1.54, 1.807) is 42.5 Å². The van der Waals surface area contributed by atoms with Gasteiger partial charge >= 0.3 is 0 Å². The summed E-state index contributed by atoms with van der Waals surface area (Å²) < 4.78 is 29.3. The molecule has 0 aliphatic heterocycles. The van der Waals surface area contributed by atoms with Crippen molar-refractivity contribution in [3.63, 3.8) is 0 Å². The third-order valence-electron chi connectivity index (χ3n) is 4.01. The summed E-state index contributed by atoms with van der Waals surface area (Å²) in [5, 5.41) is 3.93. The molecular formula is C21H17BrIN3O3S. The molecule has 0 unspecified atom stereocenters. The van der Waals surface area contributed by atoms with Crippen LogP contribution in [0, 0.1) is 3.57 Å². The molecule has 0 spiro atoms. The van der Waals surface area contributed by atoms with Crippen molar-refractivity contribution in [2.75, 3.05) is 10.8 Å². The van der Waals surface area contributed by atoms with Crippen LogP contribution in [0.15, 0.2) is 93.3 Å². The van der Waals surface area contributed by atoms with Gasteiger partial charge in [0.05, 0.1) is 16.8 Å². The Kier molecular flexibility index (Phi) is 7.62. The lowest BCUT2D eigenvalue weighted by molar-refractivity contribution is -0.119. The molecule has 0 aliphatic rings. The highest BCUT2D eigenvalue weighted by molar-refractivity contribution is 14.1. The fraction of sp³-hybridized carbons (Fsp3) is 0.0476. The van der Waals surface area contributed by atoms with Gasteiger partial charge in [0.15, 0.2) is 0 Å². The summed E-state index contributed by atoms with van der Waals surface area (Å²) in [5.74, 6) is -0.556. The van der Waals surface area contributed by atoms with Gasteiger partial charge < -0.3 is 0 Å². The number of nitrogens with zero attached hydrogens (tertiary/aromatic N) is 2. The number of carbonyl (C=O) groups excluding carboxylic acids is 1. The first-order valence-corrected chi connectivity index (χ1v) is 12.1. The number of benzene rings is 3. The number of rotatable bonds is 7. The van der Waals surface area contributed by atoms with Crippen molar-refractivity contribution in [1.82, 2.24) is 5.43 Å².